The van der Waals surface area contributed by atoms with Crippen molar-refractivity contribution < 1.29 is 18.7 Å². The van der Waals surface area contributed by atoms with Crippen molar-refractivity contribution in [3.05, 3.63) is 46.5 Å². The molecular weight excluding hydrogens is 472 g/mol. The van der Waals surface area contributed by atoms with Crippen LogP contribution in [0.15, 0.2) is 39.9 Å². The number of nitrogens with two attached hydrogens (primary N) is 1. The molecule has 10 heteroatoms. The summed E-state index contributed by atoms with van der Waals surface area (Å²) in [5, 5.41) is 5.43. The number of benzene rings is 2. The van der Waals surface area contributed by atoms with Crippen molar-refractivity contribution in [3.8, 4) is 22.4 Å². The Bertz CT molecular complexity index is 1270. The summed E-state index contributed by atoms with van der Waals surface area (Å²) in [6.45, 7) is 4.42. The number of rotatable bonds is 8. The third-order valence-electron chi connectivity index (χ3n) is 5.31. The van der Waals surface area contributed by atoms with Gasteiger partial charge in [0.1, 0.15) is 22.6 Å². The van der Waals surface area contributed by atoms with Crippen LogP contribution in [0.5, 0.6) is 22.4 Å². The number of thiazole rings is 1. The van der Waals surface area contributed by atoms with Crippen LogP contribution in [0, 0.1) is 0 Å². The van der Waals surface area contributed by atoms with E-state index in [1.165, 1.54) is 40.8 Å². The molecule has 0 saturated carbocycles. The van der Waals surface area contributed by atoms with Gasteiger partial charge in [-0.25, -0.2) is 4.98 Å². The lowest BCUT2D eigenvalue weighted by Crippen LogP contribution is -1.95. The Morgan fingerprint density at radius 2 is 1.85 bits per heavy atom. The van der Waals surface area contributed by atoms with E-state index in [1.54, 1.807) is 32.5 Å². The van der Waals surface area contributed by atoms with E-state index in [0.29, 0.717) is 34.6 Å². The van der Waals surface area contributed by atoms with Crippen molar-refractivity contribution in [3.63, 3.8) is 0 Å². The summed E-state index contributed by atoms with van der Waals surface area (Å²) >= 11 is 2.83. The quantitative estimate of drug-likeness (QED) is 0.274. The van der Waals surface area contributed by atoms with Crippen molar-refractivity contribution >= 4 is 40.1 Å². The van der Waals surface area contributed by atoms with E-state index in [9.17, 15) is 0 Å². The second-order valence-corrected chi connectivity index (χ2v) is 9.18. The number of aromatic nitrogens is 2. The Hall–Kier alpha value is -2.95. The highest BCUT2D eigenvalue weighted by Crippen LogP contribution is 2.41. The molecule has 8 nitrogen and oxygen atoms in total. The molecule has 0 fully saturated rings. The first-order valence-corrected chi connectivity index (χ1v) is 12.7. The van der Waals surface area contributed by atoms with Crippen molar-refractivity contribution in [2.75, 3.05) is 18.9 Å². The molecule has 1 aliphatic rings. The standard InChI is InChI=1S/C22H22N4O4S2.C2H6/c1-27-16-6-12-4-3-5-13(12)7-19(16)32-26-21-20-17(28-2)8-14(9-18(20)30-25-21)29-22-24-11-15(10-23)31-22;1-2/h6-9,11H,3-5,10,23H2,1-2H3,(H,25,26);1-2H3. The number of fused-ring (bicyclic) bond motifs is 2. The topological polar surface area (TPSA) is 105 Å². The molecule has 2 heterocycles. The first kappa shape index (κ1) is 24.2. The van der Waals surface area contributed by atoms with Crippen LogP contribution in [0.3, 0.4) is 0 Å². The highest BCUT2D eigenvalue weighted by molar-refractivity contribution is 8.00. The first-order valence-electron chi connectivity index (χ1n) is 11.1. The van der Waals surface area contributed by atoms with Gasteiger partial charge in [-0.3, -0.25) is 0 Å². The van der Waals surface area contributed by atoms with E-state index in [4.69, 9.17) is 24.5 Å². The number of nitrogens with one attached hydrogen (secondary N) is 1. The number of hydrogen-bond acceptors (Lipinski definition) is 10. The third-order valence-corrected chi connectivity index (χ3v) is 7.04. The molecule has 5 rings (SSSR count). The van der Waals surface area contributed by atoms with Gasteiger partial charge in [-0.15, -0.1) is 0 Å². The summed E-state index contributed by atoms with van der Waals surface area (Å²) in [6, 6.07) is 7.87. The largest absolute Gasteiger partial charge is 0.496 e. The number of methoxy groups -OCH3 is 2. The molecule has 4 aromatic rings. The number of aryl methyl sites for hydroxylation is 2. The molecule has 180 valence electrons. The molecule has 0 radical (unpaired) electrons. The van der Waals surface area contributed by atoms with Crippen molar-refractivity contribution in [2.24, 2.45) is 5.73 Å². The molecule has 2 aromatic heterocycles. The van der Waals surface area contributed by atoms with E-state index in [1.807, 2.05) is 13.8 Å². The van der Waals surface area contributed by atoms with Gasteiger partial charge in [0.05, 0.1) is 19.1 Å². The summed E-state index contributed by atoms with van der Waals surface area (Å²) < 4.78 is 25.9. The molecule has 0 atom stereocenters. The molecule has 0 aliphatic heterocycles. The van der Waals surface area contributed by atoms with Gasteiger partial charge in [-0.2, -0.15) is 0 Å². The predicted molar refractivity (Wildman–Crippen MR) is 136 cm³/mol. The molecule has 0 spiro atoms. The van der Waals surface area contributed by atoms with Crippen LogP contribution in [0.25, 0.3) is 11.0 Å². The fourth-order valence-electron chi connectivity index (χ4n) is 3.75. The lowest BCUT2D eigenvalue weighted by molar-refractivity contribution is 0.404. The minimum Gasteiger partial charge on any atom is -0.496 e. The summed E-state index contributed by atoms with van der Waals surface area (Å²) in [4.78, 5) is 6.17. The number of nitrogens with zero attached hydrogens (tertiary/aromatic N) is 2. The maximum Gasteiger partial charge on any atom is 0.278 e. The smallest absolute Gasteiger partial charge is 0.278 e. The number of hydrogen-bond donors (Lipinski definition) is 2. The summed E-state index contributed by atoms with van der Waals surface area (Å²) in [5.74, 6) is 2.54. The van der Waals surface area contributed by atoms with Crippen LogP contribution in [-0.2, 0) is 19.4 Å². The molecule has 0 saturated heterocycles. The van der Waals surface area contributed by atoms with Crippen LogP contribution in [0.2, 0.25) is 0 Å². The maximum absolute atomic E-state index is 5.86. The second kappa shape index (κ2) is 11.0. The Morgan fingerprint density at radius 1 is 1.09 bits per heavy atom. The van der Waals surface area contributed by atoms with Crippen molar-refractivity contribution in [1.82, 2.24) is 10.1 Å². The Balaban J connectivity index is 0.00000133. The van der Waals surface area contributed by atoms with Gasteiger partial charge >= 0.3 is 0 Å². The van der Waals surface area contributed by atoms with E-state index in [2.05, 4.69) is 27.0 Å². The molecular formula is C24H28N4O4S2. The summed E-state index contributed by atoms with van der Waals surface area (Å²) in [6.07, 6.45) is 5.09. The first-order chi connectivity index (χ1) is 16.7. The van der Waals surface area contributed by atoms with Gasteiger partial charge in [-0.1, -0.05) is 30.3 Å². The molecule has 0 unspecified atom stereocenters. The van der Waals surface area contributed by atoms with Crippen LogP contribution >= 0.6 is 23.3 Å². The zero-order valence-electron chi connectivity index (χ0n) is 19.6. The second-order valence-electron chi connectivity index (χ2n) is 7.26. The van der Waals surface area contributed by atoms with Crippen LogP contribution in [0.4, 0.5) is 5.82 Å². The van der Waals surface area contributed by atoms with E-state index < -0.39 is 0 Å². The van der Waals surface area contributed by atoms with Crippen molar-refractivity contribution in [1.29, 1.82) is 0 Å². The van der Waals surface area contributed by atoms with Crippen LogP contribution in [-0.4, -0.2) is 24.4 Å². The maximum atomic E-state index is 5.86. The zero-order chi connectivity index (χ0) is 24.1. The highest BCUT2D eigenvalue weighted by atomic mass is 32.2. The van der Waals surface area contributed by atoms with Gasteiger partial charge in [0.25, 0.3) is 5.19 Å². The summed E-state index contributed by atoms with van der Waals surface area (Å²) in [5.41, 5.74) is 8.93. The van der Waals surface area contributed by atoms with Crippen LogP contribution in [0.1, 0.15) is 36.3 Å². The number of ether oxygens (including phenoxy) is 3. The van der Waals surface area contributed by atoms with Crippen molar-refractivity contribution in [2.45, 2.75) is 44.6 Å². The molecule has 0 amide bonds. The van der Waals surface area contributed by atoms with Gasteiger partial charge in [-0.05, 0) is 54.5 Å². The van der Waals surface area contributed by atoms with E-state index in [0.717, 1.165) is 33.8 Å². The van der Waals surface area contributed by atoms with Gasteiger partial charge in [0.15, 0.2) is 11.4 Å². The average Bonchev–Trinajstić information content (AvgIpc) is 3.62. The molecule has 0 bridgehead atoms. The van der Waals surface area contributed by atoms with Gasteiger partial charge in [0, 0.05) is 29.8 Å². The molecule has 3 N–H and O–H groups in total. The lowest BCUT2D eigenvalue weighted by Gasteiger charge is -2.11. The lowest BCUT2D eigenvalue weighted by atomic mass is 10.1. The molecule has 2 aromatic carbocycles. The van der Waals surface area contributed by atoms with Crippen LogP contribution < -0.4 is 24.7 Å². The zero-order valence-corrected chi connectivity index (χ0v) is 21.3. The fraction of sp³-hybridized carbons (Fsp3) is 0.333. The Kier molecular flexibility index (Phi) is 7.81. The van der Waals surface area contributed by atoms with Gasteiger partial charge in [0.2, 0.25) is 0 Å². The normalized spacial score (nSPS) is 12.1. The molecule has 34 heavy (non-hydrogen) atoms. The predicted octanol–water partition coefficient (Wildman–Crippen LogP) is 6.19. The number of anilines is 1. The SMILES string of the molecule is CC.COc1cc2c(cc1SNc1noc3cc(Oc4ncc(CN)s4)cc(OC)c13)CCC2. The monoisotopic (exact) mass is 500 g/mol. The third kappa shape index (κ3) is 4.94. The van der Waals surface area contributed by atoms with E-state index >= 15 is 0 Å². The van der Waals surface area contributed by atoms with E-state index in [-0.39, 0.29) is 0 Å². The highest BCUT2D eigenvalue weighted by Gasteiger charge is 2.19. The Morgan fingerprint density at radius 3 is 2.56 bits per heavy atom. The minimum atomic E-state index is 0.424. The fourth-order valence-corrected chi connectivity index (χ4v) is 5.20. The minimum absolute atomic E-state index is 0.424. The summed E-state index contributed by atoms with van der Waals surface area (Å²) in [7, 11) is 3.29. The molecule has 1 aliphatic carbocycles. The average molecular weight is 501 g/mol. The van der Waals surface area contributed by atoms with Gasteiger partial charge < -0.3 is 29.2 Å². The Labute approximate surface area is 206 Å².